The molecule has 0 saturated heterocycles. The highest BCUT2D eigenvalue weighted by atomic mass is 15.0. The Morgan fingerprint density at radius 1 is 0.453 bits per heavy atom. The van der Waals surface area contributed by atoms with Crippen molar-refractivity contribution < 1.29 is 0 Å². The lowest BCUT2D eigenvalue weighted by atomic mass is 9.81. The number of fused-ring (bicyclic) bond motifs is 4. The molecule has 0 fully saturated rings. The molecule has 1 nitrogen and oxygen atoms in total. The number of hydrogen-bond acceptors (Lipinski definition) is 0. The van der Waals surface area contributed by atoms with E-state index in [9.17, 15) is 0 Å². The van der Waals surface area contributed by atoms with Crippen LogP contribution in [0.1, 0.15) is 37.5 Å². The molecule has 254 valence electrons. The molecule has 0 unspecified atom stereocenters. The average Bonchev–Trinajstić information content (AvgIpc) is 3.65. The fourth-order valence-corrected chi connectivity index (χ4v) is 8.28. The summed E-state index contributed by atoms with van der Waals surface area (Å²) >= 11 is 0. The van der Waals surface area contributed by atoms with E-state index in [1.165, 1.54) is 83.0 Å². The van der Waals surface area contributed by atoms with Crippen molar-refractivity contribution in [2.45, 2.75) is 26.2 Å². The van der Waals surface area contributed by atoms with Crippen molar-refractivity contribution in [2.24, 2.45) is 0 Å². The van der Waals surface area contributed by atoms with Gasteiger partial charge in [0, 0.05) is 21.9 Å². The van der Waals surface area contributed by atoms with Crippen molar-refractivity contribution in [1.29, 1.82) is 0 Å². The number of benzene rings is 7. The first-order valence-electron chi connectivity index (χ1n) is 18.5. The van der Waals surface area contributed by atoms with Gasteiger partial charge in [0.05, 0.1) is 11.0 Å². The van der Waals surface area contributed by atoms with Crippen LogP contribution in [0, 0.1) is 0 Å². The van der Waals surface area contributed by atoms with E-state index in [0.717, 1.165) is 5.69 Å². The maximum atomic E-state index is 2.39. The fourth-order valence-electron chi connectivity index (χ4n) is 8.28. The zero-order valence-corrected chi connectivity index (χ0v) is 30.4. The molecule has 1 aromatic heterocycles. The number of allylic oxidation sites excluding steroid dienone is 5. The van der Waals surface area contributed by atoms with E-state index < -0.39 is 0 Å². The Labute approximate surface area is 312 Å². The predicted octanol–water partition coefficient (Wildman–Crippen LogP) is 14.1. The third-order valence-electron chi connectivity index (χ3n) is 11.0. The first-order chi connectivity index (χ1) is 26.0. The molecule has 7 aromatic carbocycles. The van der Waals surface area contributed by atoms with Gasteiger partial charge < -0.3 is 4.57 Å². The van der Waals surface area contributed by atoms with Gasteiger partial charge in [-0.25, -0.2) is 0 Å². The Bertz CT molecular complexity index is 2730. The Morgan fingerprint density at radius 2 is 1.06 bits per heavy atom. The predicted molar refractivity (Wildman–Crippen MR) is 227 cm³/mol. The molecule has 53 heavy (non-hydrogen) atoms. The normalized spacial score (nSPS) is 13.9. The highest BCUT2D eigenvalue weighted by Gasteiger charge is 2.35. The summed E-state index contributed by atoms with van der Waals surface area (Å²) in [6.45, 7) is 6.76. The number of nitrogens with zero attached hydrogens (tertiary/aromatic N) is 1. The molecule has 0 amide bonds. The van der Waals surface area contributed by atoms with E-state index >= 15 is 0 Å². The van der Waals surface area contributed by atoms with Gasteiger partial charge >= 0.3 is 0 Å². The molecule has 0 N–H and O–H groups in total. The van der Waals surface area contributed by atoms with Gasteiger partial charge in [-0.2, -0.15) is 0 Å². The van der Waals surface area contributed by atoms with Gasteiger partial charge in [-0.05, 0) is 111 Å². The third kappa shape index (κ3) is 5.76. The highest BCUT2D eigenvalue weighted by molar-refractivity contribution is 6.10. The highest BCUT2D eigenvalue weighted by Crippen LogP contribution is 2.47. The van der Waals surface area contributed by atoms with Crippen LogP contribution in [0.3, 0.4) is 0 Å². The van der Waals surface area contributed by atoms with E-state index in [0.29, 0.717) is 0 Å². The zero-order valence-electron chi connectivity index (χ0n) is 30.4. The van der Waals surface area contributed by atoms with Crippen molar-refractivity contribution in [1.82, 2.24) is 4.57 Å². The third-order valence-corrected chi connectivity index (χ3v) is 11.0. The summed E-state index contributed by atoms with van der Waals surface area (Å²) < 4.78 is 2.39. The van der Waals surface area contributed by atoms with Crippen molar-refractivity contribution >= 4 is 33.5 Å². The van der Waals surface area contributed by atoms with Gasteiger partial charge in [-0.3, -0.25) is 0 Å². The smallest absolute Gasteiger partial charge is 0.0541 e. The summed E-state index contributed by atoms with van der Waals surface area (Å²) in [5, 5.41) is 2.51. The Hall–Kier alpha value is -6.44. The van der Waals surface area contributed by atoms with Crippen LogP contribution in [0.5, 0.6) is 0 Å². The summed E-state index contributed by atoms with van der Waals surface area (Å²) in [6, 6.07) is 61.8. The van der Waals surface area contributed by atoms with Gasteiger partial charge in [-0.15, -0.1) is 0 Å². The number of aromatic nitrogens is 1. The van der Waals surface area contributed by atoms with Crippen LogP contribution in [0.15, 0.2) is 194 Å². The van der Waals surface area contributed by atoms with Crippen molar-refractivity contribution in [3.05, 3.63) is 210 Å². The van der Waals surface area contributed by atoms with Crippen LogP contribution in [-0.2, 0) is 5.41 Å². The minimum absolute atomic E-state index is 0.0306. The first kappa shape index (κ1) is 32.5. The van der Waals surface area contributed by atoms with Crippen LogP contribution in [0.2, 0.25) is 0 Å². The Morgan fingerprint density at radius 3 is 1.85 bits per heavy atom. The maximum absolute atomic E-state index is 2.39. The molecule has 0 atom stereocenters. The van der Waals surface area contributed by atoms with E-state index in [4.69, 9.17) is 0 Å². The number of hydrogen-bond donors (Lipinski definition) is 0. The minimum Gasteiger partial charge on any atom is -0.309 e. The molecular weight excluding hydrogens is 639 g/mol. The van der Waals surface area contributed by atoms with Crippen molar-refractivity contribution in [2.75, 3.05) is 0 Å². The largest absolute Gasteiger partial charge is 0.309 e. The van der Waals surface area contributed by atoms with Gasteiger partial charge in [0.25, 0.3) is 0 Å². The summed E-state index contributed by atoms with van der Waals surface area (Å²) in [7, 11) is 0. The standard InChI is InChI=1S/C52H41N/c1-4-14-48-45(44-21-8-10-23-49(44)52(48,2)3)31-25-36-15-12-18-39(33-36)40-19-13-20-41(34-40)42-28-32-51-47(35-42)46-22-9-11-24-50(46)53(51)43-29-26-38(27-30-43)37-16-6-5-7-17-37/h4-35H,1-3H3/b14-4+,31-25-. The molecule has 1 aliphatic rings. The van der Waals surface area contributed by atoms with Crippen LogP contribution in [0.25, 0.3) is 72.5 Å². The van der Waals surface area contributed by atoms with E-state index in [2.05, 4.69) is 220 Å². The monoisotopic (exact) mass is 679 g/mol. The second-order valence-electron chi connectivity index (χ2n) is 14.5. The Balaban J connectivity index is 1.05. The van der Waals surface area contributed by atoms with Gasteiger partial charge in [0.15, 0.2) is 0 Å². The van der Waals surface area contributed by atoms with Gasteiger partial charge in [0.2, 0.25) is 0 Å². The van der Waals surface area contributed by atoms with Crippen LogP contribution < -0.4 is 0 Å². The van der Waals surface area contributed by atoms with E-state index in [1.54, 1.807) is 0 Å². The summed E-state index contributed by atoms with van der Waals surface area (Å²) in [6.07, 6.45) is 9.01. The van der Waals surface area contributed by atoms with E-state index in [1.807, 2.05) is 0 Å². The summed E-state index contributed by atoms with van der Waals surface area (Å²) in [4.78, 5) is 0. The molecule has 0 radical (unpaired) electrons. The zero-order chi connectivity index (χ0) is 35.9. The lowest BCUT2D eigenvalue weighted by Crippen LogP contribution is -2.15. The summed E-state index contributed by atoms with van der Waals surface area (Å²) in [5.74, 6) is 0. The van der Waals surface area contributed by atoms with Crippen molar-refractivity contribution in [3.8, 4) is 39.1 Å². The number of rotatable bonds is 7. The lowest BCUT2D eigenvalue weighted by molar-refractivity contribution is 0.654. The second kappa shape index (κ2) is 13.3. The molecule has 1 heteroatoms. The molecule has 0 saturated carbocycles. The molecule has 1 aliphatic carbocycles. The molecule has 0 bridgehead atoms. The molecule has 0 aliphatic heterocycles. The molecule has 9 rings (SSSR count). The fraction of sp³-hybridized carbons (Fsp3) is 0.0769. The van der Waals surface area contributed by atoms with Crippen molar-refractivity contribution in [3.63, 3.8) is 0 Å². The van der Waals surface area contributed by atoms with Crippen LogP contribution in [0.4, 0.5) is 0 Å². The van der Waals surface area contributed by atoms with Crippen LogP contribution >= 0.6 is 0 Å². The maximum Gasteiger partial charge on any atom is 0.0541 e. The van der Waals surface area contributed by atoms with Gasteiger partial charge in [-0.1, -0.05) is 166 Å². The van der Waals surface area contributed by atoms with E-state index in [-0.39, 0.29) is 5.41 Å². The average molecular weight is 680 g/mol. The minimum atomic E-state index is -0.0306. The topological polar surface area (TPSA) is 4.93 Å². The summed E-state index contributed by atoms with van der Waals surface area (Å²) in [5.41, 5.74) is 17.4. The molecule has 8 aromatic rings. The molecule has 1 heterocycles. The first-order valence-corrected chi connectivity index (χ1v) is 18.5. The van der Waals surface area contributed by atoms with Crippen LogP contribution in [-0.4, -0.2) is 4.57 Å². The quantitative estimate of drug-likeness (QED) is 0.158. The molecule has 0 spiro atoms. The SMILES string of the molecule is C/C=C/C1=C(/C=C\c2cccc(-c3cccc(-c4ccc5c(c4)c4ccccc4n5-c4ccc(-c5ccccc5)cc4)c3)c2)c2ccccc2C1(C)C. The number of para-hydroxylation sites is 1. The lowest BCUT2D eigenvalue weighted by Gasteiger charge is -2.22. The van der Waals surface area contributed by atoms with Gasteiger partial charge in [0.1, 0.15) is 0 Å². The second-order valence-corrected chi connectivity index (χ2v) is 14.5. The molecular formula is C52H41N. The Kier molecular flexibility index (Phi) is 8.13.